The number of aliphatic carboxylic acids is 1. The summed E-state index contributed by atoms with van der Waals surface area (Å²) in [6, 6.07) is 0. The molecule has 0 heterocycles. The molecule has 7 nitrogen and oxygen atoms in total. The van der Waals surface area contributed by atoms with Crippen LogP contribution in [-0.2, 0) is 9.53 Å². The average molecular weight is 489 g/mol. The molecule has 0 fully saturated rings. The number of hydrogen-bond donors (Lipinski definition) is 4. The predicted molar refractivity (Wildman–Crippen MR) is 128 cm³/mol. The summed E-state index contributed by atoms with van der Waals surface area (Å²) >= 11 is 0. The van der Waals surface area contributed by atoms with Crippen molar-refractivity contribution in [1.82, 2.24) is 0 Å². The molecule has 0 aliphatic heterocycles. The minimum atomic E-state index is -0.954. The zero-order valence-electron chi connectivity index (χ0n) is 21.9. The second kappa shape index (κ2) is 39.5. The van der Waals surface area contributed by atoms with Gasteiger partial charge in [-0.1, -0.05) is 96.8 Å². The van der Waals surface area contributed by atoms with E-state index < -0.39 is 12.1 Å². The van der Waals surface area contributed by atoms with Crippen LogP contribution in [0, 0.1) is 0 Å². The number of carboxylic acid groups (broad SMARTS) is 1. The zero-order valence-corrected chi connectivity index (χ0v) is 23.9. The molecule has 33 heavy (non-hydrogen) atoms. The number of aliphatic hydroxyl groups is 4. The summed E-state index contributed by atoms with van der Waals surface area (Å²) in [4.78, 5) is 10.2. The molecule has 0 aliphatic rings. The Kier molecular flexibility index (Phi) is 48.4. The summed E-state index contributed by atoms with van der Waals surface area (Å²) in [5.74, 6) is -0.903. The van der Waals surface area contributed by atoms with Gasteiger partial charge in [0.05, 0.1) is 26.4 Å². The van der Waals surface area contributed by atoms with Gasteiger partial charge < -0.3 is 35.1 Å². The molecule has 196 valence electrons. The molecular formula is C25H53NaO7. The van der Waals surface area contributed by atoms with Gasteiger partial charge in [0.2, 0.25) is 0 Å². The van der Waals surface area contributed by atoms with Gasteiger partial charge in [-0.3, -0.25) is 0 Å². The van der Waals surface area contributed by atoms with E-state index in [0.29, 0.717) is 13.2 Å². The number of unbranched alkanes of at least 4 members (excludes halogenated alkanes) is 14. The number of aliphatic hydroxyl groups excluding tert-OH is 4. The first-order chi connectivity index (χ1) is 15.5. The minimum absolute atomic E-state index is 0. The molecule has 0 aromatic rings. The van der Waals surface area contributed by atoms with Crippen LogP contribution in [0.1, 0.15) is 117 Å². The van der Waals surface area contributed by atoms with Gasteiger partial charge in [-0.25, -0.2) is 0 Å². The molecule has 0 amide bonds. The molecule has 0 bridgehead atoms. The third kappa shape index (κ3) is 50.2. The van der Waals surface area contributed by atoms with Crippen molar-refractivity contribution < 1.29 is 64.6 Å². The largest absolute Gasteiger partial charge is 1.00 e. The summed E-state index contributed by atoms with van der Waals surface area (Å²) in [7, 11) is 0. The summed E-state index contributed by atoms with van der Waals surface area (Å²) in [5.41, 5.74) is 0. The number of carbonyl (C=O) groups excluding carboxylic acids is 1. The SMILES string of the molecule is CCCCCCCCCCCCCCCCCC(=O)[O-].CCOCCO.OCC(O)CO.[Na+]. The van der Waals surface area contributed by atoms with Crippen LogP contribution in [-0.4, -0.2) is 65.5 Å². The third-order valence-electron chi connectivity index (χ3n) is 4.85. The second-order valence-corrected chi connectivity index (χ2v) is 8.01. The van der Waals surface area contributed by atoms with Gasteiger partial charge in [-0.15, -0.1) is 0 Å². The van der Waals surface area contributed by atoms with E-state index >= 15 is 0 Å². The molecule has 0 aromatic carbocycles. The number of carbonyl (C=O) groups is 1. The molecule has 0 saturated heterocycles. The number of ether oxygens (including phenoxy) is 1. The van der Waals surface area contributed by atoms with Crippen molar-refractivity contribution in [2.75, 3.05) is 33.0 Å². The van der Waals surface area contributed by atoms with Crippen LogP contribution >= 0.6 is 0 Å². The molecule has 0 saturated carbocycles. The molecule has 0 atom stereocenters. The van der Waals surface area contributed by atoms with Crippen LogP contribution in [0.5, 0.6) is 0 Å². The van der Waals surface area contributed by atoms with Crippen LogP contribution in [0.4, 0.5) is 0 Å². The van der Waals surface area contributed by atoms with E-state index in [4.69, 9.17) is 25.2 Å². The molecular weight excluding hydrogens is 435 g/mol. The standard InChI is InChI=1S/C18H36O2.C4H10O2.C3H8O3.Na/c1-2-3-4-5-6-7-8-9-10-11-12-13-14-15-16-17-18(19)20;1-2-6-4-3-5;4-1-3(6)2-5;/h2-17H2,1H3,(H,19,20);5H,2-4H2,1H3;3-6H,1-2H2;/q;;;+1/p-1. The maximum Gasteiger partial charge on any atom is 1.00 e. The predicted octanol–water partition coefficient (Wildman–Crippen LogP) is 0.349. The van der Waals surface area contributed by atoms with E-state index in [1.54, 1.807) is 0 Å². The van der Waals surface area contributed by atoms with Crippen molar-refractivity contribution in [3.63, 3.8) is 0 Å². The monoisotopic (exact) mass is 488 g/mol. The van der Waals surface area contributed by atoms with Crippen LogP contribution < -0.4 is 34.7 Å². The van der Waals surface area contributed by atoms with Gasteiger partial charge >= 0.3 is 29.6 Å². The Morgan fingerprint density at radius 1 is 0.727 bits per heavy atom. The molecule has 0 spiro atoms. The van der Waals surface area contributed by atoms with Crippen molar-refractivity contribution in [3.05, 3.63) is 0 Å². The quantitative estimate of drug-likeness (QED) is 0.135. The fraction of sp³-hybridized carbons (Fsp3) is 0.960. The van der Waals surface area contributed by atoms with E-state index in [1.165, 1.54) is 83.5 Å². The smallest absolute Gasteiger partial charge is 0.550 e. The molecule has 0 rings (SSSR count). The number of rotatable bonds is 21. The Labute approximate surface area is 225 Å². The number of carboxylic acids is 1. The normalized spacial score (nSPS) is 10.0. The van der Waals surface area contributed by atoms with Crippen LogP contribution in [0.2, 0.25) is 0 Å². The fourth-order valence-corrected chi connectivity index (χ4v) is 2.91. The van der Waals surface area contributed by atoms with E-state index in [0.717, 1.165) is 12.8 Å². The molecule has 0 unspecified atom stereocenters. The Bertz CT molecular complexity index is 326. The minimum Gasteiger partial charge on any atom is -0.550 e. The van der Waals surface area contributed by atoms with Crippen molar-refractivity contribution in [2.45, 2.75) is 123 Å². The van der Waals surface area contributed by atoms with E-state index in [2.05, 4.69) is 6.92 Å². The van der Waals surface area contributed by atoms with E-state index in [-0.39, 0.29) is 55.8 Å². The Morgan fingerprint density at radius 2 is 1.09 bits per heavy atom. The van der Waals surface area contributed by atoms with Crippen LogP contribution in [0.3, 0.4) is 0 Å². The maximum atomic E-state index is 10.2. The summed E-state index contributed by atoms with van der Waals surface area (Å²) in [5, 5.41) is 42.3. The van der Waals surface area contributed by atoms with Gasteiger partial charge in [0.15, 0.2) is 0 Å². The topological polar surface area (TPSA) is 130 Å². The Balaban J connectivity index is -0.000000266. The molecule has 0 aromatic heterocycles. The molecule has 8 heteroatoms. The van der Waals surface area contributed by atoms with Crippen LogP contribution in [0.25, 0.3) is 0 Å². The van der Waals surface area contributed by atoms with Gasteiger partial charge in [-0.05, 0) is 19.8 Å². The zero-order chi connectivity index (χ0) is 24.7. The Hall–Kier alpha value is 0.270. The summed E-state index contributed by atoms with van der Waals surface area (Å²) in [6.45, 7) is 4.73. The number of hydrogen-bond acceptors (Lipinski definition) is 7. The van der Waals surface area contributed by atoms with E-state index in [1.807, 2.05) is 6.92 Å². The van der Waals surface area contributed by atoms with Crippen molar-refractivity contribution in [2.24, 2.45) is 0 Å². The van der Waals surface area contributed by atoms with Gasteiger partial charge in [0, 0.05) is 12.6 Å². The maximum absolute atomic E-state index is 10.2. The average Bonchev–Trinajstić information content (AvgIpc) is 2.80. The van der Waals surface area contributed by atoms with Crippen molar-refractivity contribution in [1.29, 1.82) is 0 Å². The van der Waals surface area contributed by atoms with Crippen molar-refractivity contribution >= 4 is 5.97 Å². The first kappa shape index (κ1) is 40.4. The Morgan fingerprint density at radius 3 is 1.30 bits per heavy atom. The van der Waals surface area contributed by atoms with Crippen LogP contribution in [0.15, 0.2) is 0 Å². The second-order valence-electron chi connectivity index (χ2n) is 8.01. The first-order valence-corrected chi connectivity index (χ1v) is 12.8. The molecule has 0 radical (unpaired) electrons. The van der Waals surface area contributed by atoms with Crippen molar-refractivity contribution in [3.8, 4) is 0 Å². The summed E-state index contributed by atoms with van der Waals surface area (Å²) < 4.78 is 4.73. The molecule has 0 aliphatic carbocycles. The van der Waals surface area contributed by atoms with Gasteiger partial charge in [-0.2, -0.15) is 0 Å². The van der Waals surface area contributed by atoms with E-state index in [9.17, 15) is 9.90 Å². The fourth-order valence-electron chi connectivity index (χ4n) is 2.91. The van der Waals surface area contributed by atoms with Gasteiger partial charge in [0.1, 0.15) is 6.10 Å². The molecule has 4 N–H and O–H groups in total. The first-order valence-electron chi connectivity index (χ1n) is 12.8. The van der Waals surface area contributed by atoms with Gasteiger partial charge in [0.25, 0.3) is 0 Å². The third-order valence-corrected chi connectivity index (χ3v) is 4.85. The summed E-state index contributed by atoms with van der Waals surface area (Å²) in [6.07, 6.45) is 18.9.